The van der Waals surface area contributed by atoms with E-state index in [2.05, 4.69) is 80.1 Å². The van der Waals surface area contributed by atoms with E-state index < -0.39 is 0 Å². The Morgan fingerprint density at radius 3 is 2.16 bits per heavy atom. The van der Waals surface area contributed by atoms with E-state index in [0.717, 1.165) is 5.57 Å². The van der Waals surface area contributed by atoms with Gasteiger partial charge in [0.15, 0.2) is 0 Å². The summed E-state index contributed by atoms with van der Waals surface area (Å²) in [7, 11) is 0. The quantitative estimate of drug-likeness (QED) is 0.724. The summed E-state index contributed by atoms with van der Waals surface area (Å²) in [5, 5.41) is 0. The van der Waals surface area contributed by atoms with Gasteiger partial charge in [0.05, 0.1) is 0 Å². The fourth-order valence-electron chi connectivity index (χ4n) is 2.44. The Morgan fingerprint density at radius 1 is 0.842 bits per heavy atom. The summed E-state index contributed by atoms with van der Waals surface area (Å²) < 4.78 is 0. The average Bonchev–Trinajstić information content (AvgIpc) is 2.49. The van der Waals surface area contributed by atoms with Gasteiger partial charge in [-0.2, -0.15) is 0 Å². The maximum Gasteiger partial charge on any atom is 0.0360 e. The lowest BCUT2D eigenvalue weighted by atomic mass is 9.76. The first-order valence-corrected chi connectivity index (χ1v) is 6.57. The Hall–Kier alpha value is -2.08. The van der Waals surface area contributed by atoms with E-state index in [0.29, 0.717) is 0 Å². The maximum absolute atomic E-state index is 3.64. The minimum absolute atomic E-state index is 0.152. The van der Waals surface area contributed by atoms with Crippen molar-refractivity contribution in [3.63, 3.8) is 0 Å². The summed E-state index contributed by atoms with van der Waals surface area (Å²) in [6.07, 6.45) is 10.1. The molecular weight excluding hydrogens is 228 g/mol. The number of hydrogen-bond donors (Lipinski definition) is 0. The molecule has 0 bridgehead atoms. The van der Waals surface area contributed by atoms with Gasteiger partial charge in [0.1, 0.15) is 0 Å². The molecule has 92 valence electrons. The second-order valence-corrected chi connectivity index (χ2v) is 5.00. The zero-order chi connectivity index (χ0) is 13.1. The molecule has 0 spiro atoms. The molecule has 1 aliphatic rings. The Bertz CT molecular complexity index is 605. The highest BCUT2D eigenvalue weighted by atomic mass is 14.3. The lowest BCUT2D eigenvalue weighted by molar-refractivity contribution is 0.730. The fraction of sp³-hybridized carbons (Fsp3) is 0.105. The highest BCUT2D eigenvalue weighted by molar-refractivity contribution is 5.75. The van der Waals surface area contributed by atoms with Crippen molar-refractivity contribution in [2.24, 2.45) is 0 Å². The van der Waals surface area contributed by atoms with Crippen molar-refractivity contribution in [1.29, 1.82) is 0 Å². The van der Waals surface area contributed by atoms with Crippen LogP contribution in [0.25, 0.3) is 5.57 Å². The summed E-state index contributed by atoms with van der Waals surface area (Å²) in [4.78, 5) is 0. The first-order chi connectivity index (χ1) is 9.28. The van der Waals surface area contributed by atoms with Gasteiger partial charge in [-0.1, -0.05) is 72.8 Å². The Balaban J connectivity index is 2.02. The topological polar surface area (TPSA) is 0 Å². The van der Waals surface area contributed by atoms with Crippen LogP contribution < -0.4 is 0 Å². The van der Waals surface area contributed by atoms with Gasteiger partial charge >= 0.3 is 0 Å². The molecule has 2 aromatic rings. The van der Waals surface area contributed by atoms with Crippen molar-refractivity contribution >= 4 is 5.57 Å². The fourth-order valence-corrected chi connectivity index (χ4v) is 2.44. The van der Waals surface area contributed by atoms with Crippen molar-refractivity contribution in [2.45, 2.75) is 12.3 Å². The smallest absolute Gasteiger partial charge is 0.0360 e. The van der Waals surface area contributed by atoms with E-state index >= 15 is 0 Å². The Labute approximate surface area is 115 Å². The number of rotatable bonds is 2. The molecule has 3 rings (SSSR count). The molecule has 0 aromatic heterocycles. The van der Waals surface area contributed by atoms with E-state index in [1.165, 1.54) is 11.1 Å². The zero-order valence-corrected chi connectivity index (χ0v) is 11.0. The van der Waals surface area contributed by atoms with Gasteiger partial charge in [-0.15, -0.1) is 0 Å². The maximum atomic E-state index is 3.64. The highest BCUT2D eigenvalue weighted by Gasteiger charge is 2.24. The molecule has 0 heterocycles. The van der Waals surface area contributed by atoms with Crippen LogP contribution >= 0.6 is 0 Å². The average molecular weight is 244 g/mol. The lowest BCUT2D eigenvalue weighted by Crippen LogP contribution is -2.19. The van der Waals surface area contributed by atoms with Crippen LogP contribution in [-0.4, -0.2) is 0 Å². The van der Waals surface area contributed by atoms with Crippen molar-refractivity contribution in [2.75, 3.05) is 0 Å². The van der Waals surface area contributed by atoms with Crippen LogP contribution in [0.5, 0.6) is 0 Å². The van der Waals surface area contributed by atoms with Gasteiger partial charge in [0.2, 0.25) is 0 Å². The molecule has 0 aliphatic heterocycles. The van der Waals surface area contributed by atoms with Crippen molar-refractivity contribution in [3.05, 3.63) is 96.4 Å². The Morgan fingerprint density at radius 2 is 1.47 bits per heavy atom. The van der Waals surface area contributed by atoms with E-state index in [4.69, 9.17) is 0 Å². The molecule has 2 aromatic carbocycles. The van der Waals surface area contributed by atoms with Crippen LogP contribution in [0.4, 0.5) is 0 Å². The zero-order valence-electron chi connectivity index (χ0n) is 11.0. The SMILES string of the molecule is CC1(c2ccccc2)[C]=C(c2ccccc2)[CH]C=C1. The monoisotopic (exact) mass is 244 g/mol. The molecule has 19 heavy (non-hydrogen) atoms. The molecule has 1 aliphatic carbocycles. The van der Waals surface area contributed by atoms with E-state index in [-0.39, 0.29) is 5.41 Å². The molecule has 0 nitrogen and oxygen atoms in total. The molecule has 1 unspecified atom stereocenters. The molecule has 0 amide bonds. The van der Waals surface area contributed by atoms with Gasteiger partial charge in [0.25, 0.3) is 0 Å². The van der Waals surface area contributed by atoms with Crippen molar-refractivity contribution in [3.8, 4) is 0 Å². The van der Waals surface area contributed by atoms with Gasteiger partial charge in [-0.3, -0.25) is 0 Å². The number of benzene rings is 2. The second kappa shape index (κ2) is 4.89. The number of allylic oxidation sites excluding steroid dienone is 4. The summed E-state index contributed by atoms with van der Waals surface area (Å²) >= 11 is 0. The van der Waals surface area contributed by atoms with Crippen LogP contribution in [-0.2, 0) is 5.41 Å². The lowest BCUT2D eigenvalue weighted by Gasteiger charge is -2.27. The predicted octanol–water partition coefficient (Wildman–Crippen LogP) is 4.61. The second-order valence-electron chi connectivity index (χ2n) is 5.00. The third-order valence-corrected chi connectivity index (χ3v) is 3.55. The van der Waals surface area contributed by atoms with Crippen LogP contribution in [0.1, 0.15) is 18.1 Å². The molecule has 2 radical (unpaired) electrons. The van der Waals surface area contributed by atoms with E-state index in [1.807, 2.05) is 12.1 Å². The van der Waals surface area contributed by atoms with Gasteiger partial charge < -0.3 is 0 Å². The third-order valence-electron chi connectivity index (χ3n) is 3.55. The molecule has 0 N–H and O–H groups in total. The standard InChI is InChI=1S/C19H16/c1-19(18-12-6-3-7-13-18)14-8-11-17(15-19)16-9-4-2-5-10-16/h2-14H,1H3. The first kappa shape index (κ1) is 12.0. The minimum Gasteiger partial charge on any atom is -0.0788 e. The normalized spacial score (nSPS) is 22.1. The predicted molar refractivity (Wildman–Crippen MR) is 80.3 cm³/mol. The summed E-state index contributed by atoms with van der Waals surface area (Å²) in [6.45, 7) is 2.20. The van der Waals surface area contributed by atoms with Crippen LogP contribution in [0.3, 0.4) is 0 Å². The van der Waals surface area contributed by atoms with Crippen LogP contribution in [0.2, 0.25) is 0 Å². The largest absolute Gasteiger partial charge is 0.0788 e. The molecule has 0 heteroatoms. The molecule has 0 saturated heterocycles. The molecule has 0 saturated carbocycles. The summed E-state index contributed by atoms with van der Waals surface area (Å²) in [6, 6.07) is 21.0. The van der Waals surface area contributed by atoms with E-state index in [1.54, 1.807) is 0 Å². The van der Waals surface area contributed by atoms with Gasteiger partial charge in [0, 0.05) is 11.8 Å². The molecule has 1 atom stereocenters. The van der Waals surface area contributed by atoms with E-state index in [9.17, 15) is 0 Å². The molecule has 0 fully saturated rings. The first-order valence-electron chi connectivity index (χ1n) is 6.57. The Kier molecular flexibility index (Phi) is 3.08. The third kappa shape index (κ3) is 2.39. The minimum atomic E-state index is -0.152. The summed E-state index contributed by atoms with van der Waals surface area (Å²) in [5.41, 5.74) is 3.50. The van der Waals surface area contributed by atoms with Crippen LogP contribution in [0, 0.1) is 12.5 Å². The molecular formula is C19H16. The van der Waals surface area contributed by atoms with Crippen LogP contribution in [0.15, 0.2) is 72.8 Å². The highest BCUT2D eigenvalue weighted by Crippen LogP contribution is 2.34. The van der Waals surface area contributed by atoms with Gasteiger partial charge in [-0.05, 0) is 29.7 Å². The van der Waals surface area contributed by atoms with Crippen molar-refractivity contribution < 1.29 is 0 Å². The van der Waals surface area contributed by atoms with Crippen molar-refractivity contribution in [1.82, 2.24) is 0 Å². The number of hydrogen-bond acceptors (Lipinski definition) is 0. The van der Waals surface area contributed by atoms with Gasteiger partial charge in [-0.25, -0.2) is 0 Å². The summed E-state index contributed by atoms with van der Waals surface area (Å²) in [5.74, 6) is 0.